The van der Waals surface area contributed by atoms with Crippen LogP contribution in [0.15, 0.2) is 12.1 Å². The number of nitrogens with one attached hydrogen (secondary N) is 1. The highest BCUT2D eigenvalue weighted by atomic mass is 16.4. The van der Waals surface area contributed by atoms with Crippen molar-refractivity contribution in [1.29, 1.82) is 0 Å². The standard InChI is InChI=1S/C11H13NO3/c1-6-4-9(11(14)15)7(2)10(5-6)12-8(3)13/h4-5H,1-3H3,(H,12,13)(H,14,15). The molecule has 1 rings (SSSR count). The van der Waals surface area contributed by atoms with Crippen molar-refractivity contribution in [3.63, 3.8) is 0 Å². The fraction of sp³-hybridized carbons (Fsp3) is 0.273. The highest BCUT2D eigenvalue weighted by Crippen LogP contribution is 2.21. The molecule has 0 heterocycles. The Hall–Kier alpha value is -1.84. The molecule has 0 unspecified atom stereocenters. The van der Waals surface area contributed by atoms with Gasteiger partial charge in [-0.2, -0.15) is 0 Å². The Bertz CT molecular complexity index is 424. The van der Waals surface area contributed by atoms with E-state index in [-0.39, 0.29) is 11.5 Å². The van der Waals surface area contributed by atoms with Crippen LogP contribution < -0.4 is 5.32 Å². The second-order valence-corrected chi connectivity index (χ2v) is 3.47. The SMILES string of the molecule is CC(=O)Nc1cc(C)cc(C(=O)O)c1C. The van der Waals surface area contributed by atoms with E-state index in [1.807, 2.05) is 0 Å². The summed E-state index contributed by atoms with van der Waals surface area (Å²) in [5.74, 6) is -1.19. The van der Waals surface area contributed by atoms with Gasteiger partial charge in [0.15, 0.2) is 0 Å². The number of amides is 1. The molecule has 0 aliphatic carbocycles. The number of hydrogen-bond donors (Lipinski definition) is 2. The lowest BCUT2D eigenvalue weighted by atomic mass is 10.0. The quantitative estimate of drug-likeness (QED) is 0.779. The molecule has 1 amide bonds. The average Bonchev–Trinajstić information content (AvgIpc) is 2.09. The van der Waals surface area contributed by atoms with Crippen molar-refractivity contribution in [3.05, 3.63) is 28.8 Å². The lowest BCUT2D eigenvalue weighted by Crippen LogP contribution is -2.10. The molecule has 0 atom stereocenters. The Kier molecular flexibility index (Phi) is 3.09. The predicted molar refractivity (Wildman–Crippen MR) is 57.2 cm³/mol. The zero-order chi connectivity index (χ0) is 11.6. The van der Waals surface area contributed by atoms with E-state index in [0.717, 1.165) is 5.56 Å². The normalized spacial score (nSPS) is 9.80. The van der Waals surface area contributed by atoms with Crippen LogP contribution in [0.3, 0.4) is 0 Å². The second-order valence-electron chi connectivity index (χ2n) is 3.47. The summed E-state index contributed by atoms with van der Waals surface area (Å²) in [7, 11) is 0. The molecule has 0 saturated carbocycles. The maximum Gasteiger partial charge on any atom is 0.336 e. The zero-order valence-electron chi connectivity index (χ0n) is 8.92. The van der Waals surface area contributed by atoms with Gasteiger partial charge in [0.05, 0.1) is 5.56 Å². The average molecular weight is 207 g/mol. The van der Waals surface area contributed by atoms with Crippen molar-refractivity contribution in [2.24, 2.45) is 0 Å². The molecule has 4 nitrogen and oxygen atoms in total. The smallest absolute Gasteiger partial charge is 0.336 e. The first-order valence-electron chi connectivity index (χ1n) is 4.54. The van der Waals surface area contributed by atoms with Crippen molar-refractivity contribution < 1.29 is 14.7 Å². The highest BCUT2D eigenvalue weighted by Gasteiger charge is 2.12. The van der Waals surface area contributed by atoms with E-state index >= 15 is 0 Å². The summed E-state index contributed by atoms with van der Waals surface area (Å²) in [6.45, 7) is 4.85. The van der Waals surface area contributed by atoms with Gasteiger partial charge in [0.1, 0.15) is 0 Å². The van der Waals surface area contributed by atoms with E-state index < -0.39 is 5.97 Å². The topological polar surface area (TPSA) is 66.4 Å². The van der Waals surface area contributed by atoms with E-state index in [2.05, 4.69) is 5.32 Å². The minimum Gasteiger partial charge on any atom is -0.478 e. The van der Waals surface area contributed by atoms with Gasteiger partial charge in [-0.05, 0) is 37.1 Å². The molecular weight excluding hydrogens is 194 g/mol. The van der Waals surface area contributed by atoms with Gasteiger partial charge in [0.25, 0.3) is 0 Å². The summed E-state index contributed by atoms with van der Waals surface area (Å²) >= 11 is 0. The van der Waals surface area contributed by atoms with Crippen LogP contribution in [0.1, 0.15) is 28.4 Å². The number of aromatic carboxylic acids is 1. The largest absolute Gasteiger partial charge is 0.478 e. The molecule has 0 radical (unpaired) electrons. The molecule has 1 aromatic rings. The number of carbonyl (C=O) groups is 2. The first kappa shape index (κ1) is 11.2. The molecule has 1 aromatic carbocycles. The second kappa shape index (κ2) is 4.13. The predicted octanol–water partition coefficient (Wildman–Crippen LogP) is 1.96. The first-order chi connectivity index (χ1) is 6.91. The summed E-state index contributed by atoms with van der Waals surface area (Å²) in [5, 5.41) is 11.5. The molecule has 2 N–H and O–H groups in total. The van der Waals surface area contributed by atoms with E-state index in [1.54, 1.807) is 26.0 Å². The van der Waals surface area contributed by atoms with Gasteiger partial charge in [-0.15, -0.1) is 0 Å². The summed E-state index contributed by atoms with van der Waals surface area (Å²) in [4.78, 5) is 21.8. The number of anilines is 1. The van der Waals surface area contributed by atoms with Gasteiger partial charge in [0, 0.05) is 12.6 Å². The Morgan fingerprint density at radius 3 is 2.33 bits per heavy atom. The first-order valence-corrected chi connectivity index (χ1v) is 4.54. The molecule has 0 aromatic heterocycles. The highest BCUT2D eigenvalue weighted by molar-refractivity contribution is 5.95. The molecule has 15 heavy (non-hydrogen) atoms. The number of carbonyl (C=O) groups excluding carboxylic acids is 1. The molecule has 0 fully saturated rings. The molecule has 0 spiro atoms. The van der Waals surface area contributed by atoms with Gasteiger partial charge in [-0.25, -0.2) is 4.79 Å². The molecule has 0 saturated heterocycles. The third kappa shape index (κ3) is 2.56. The van der Waals surface area contributed by atoms with Gasteiger partial charge in [0.2, 0.25) is 5.91 Å². The van der Waals surface area contributed by atoms with E-state index in [4.69, 9.17) is 5.11 Å². The van der Waals surface area contributed by atoms with Crippen LogP contribution in [0, 0.1) is 13.8 Å². The van der Waals surface area contributed by atoms with E-state index in [9.17, 15) is 9.59 Å². The van der Waals surface area contributed by atoms with Crippen LogP contribution in [0.5, 0.6) is 0 Å². The molecular formula is C11H13NO3. The summed E-state index contributed by atoms with van der Waals surface area (Å²) in [5.41, 5.74) is 2.16. The fourth-order valence-electron chi connectivity index (χ4n) is 1.40. The summed E-state index contributed by atoms with van der Waals surface area (Å²) in [6, 6.07) is 3.34. The van der Waals surface area contributed by atoms with Crippen molar-refractivity contribution in [2.45, 2.75) is 20.8 Å². The summed E-state index contributed by atoms with van der Waals surface area (Å²) < 4.78 is 0. The molecule has 80 valence electrons. The number of hydrogen-bond acceptors (Lipinski definition) is 2. The third-order valence-electron chi connectivity index (χ3n) is 2.09. The van der Waals surface area contributed by atoms with E-state index in [1.165, 1.54) is 6.92 Å². The van der Waals surface area contributed by atoms with Crippen LogP contribution in [0.25, 0.3) is 0 Å². The lowest BCUT2D eigenvalue weighted by molar-refractivity contribution is -0.114. The molecule has 0 bridgehead atoms. The Labute approximate surface area is 87.9 Å². The minimum absolute atomic E-state index is 0.208. The van der Waals surface area contributed by atoms with Crippen LogP contribution in [-0.4, -0.2) is 17.0 Å². The number of aryl methyl sites for hydroxylation is 1. The third-order valence-corrected chi connectivity index (χ3v) is 2.09. The number of carboxylic acids is 1. The van der Waals surface area contributed by atoms with Gasteiger partial charge >= 0.3 is 5.97 Å². The molecule has 0 aliphatic rings. The van der Waals surface area contributed by atoms with Crippen molar-refractivity contribution in [2.75, 3.05) is 5.32 Å². The Morgan fingerprint density at radius 1 is 1.27 bits per heavy atom. The number of benzene rings is 1. The van der Waals surface area contributed by atoms with Crippen molar-refractivity contribution in [1.82, 2.24) is 0 Å². The molecule has 4 heteroatoms. The Balaban J connectivity index is 3.28. The van der Waals surface area contributed by atoms with Crippen molar-refractivity contribution in [3.8, 4) is 0 Å². The minimum atomic E-state index is -0.984. The van der Waals surface area contributed by atoms with Gasteiger partial charge in [-0.1, -0.05) is 0 Å². The van der Waals surface area contributed by atoms with Gasteiger partial charge < -0.3 is 10.4 Å². The van der Waals surface area contributed by atoms with E-state index in [0.29, 0.717) is 11.3 Å². The van der Waals surface area contributed by atoms with Crippen LogP contribution >= 0.6 is 0 Å². The van der Waals surface area contributed by atoms with Gasteiger partial charge in [-0.3, -0.25) is 4.79 Å². The fourth-order valence-corrected chi connectivity index (χ4v) is 1.40. The molecule has 0 aliphatic heterocycles. The van der Waals surface area contributed by atoms with Crippen LogP contribution in [0.2, 0.25) is 0 Å². The zero-order valence-corrected chi connectivity index (χ0v) is 8.92. The summed E-state index contributed by atoms with van der Waals surface area (Å²) in [6.07, 6.45) is 0. The van der Waals surface area contributed by atoms with Crippen LogP contribution in [-0.2, 0) is 4.79 Å². The Morgan fingerprint density at radius 2 is 1.87 bits per heavy atom. The van der Waals surface area contributed by atoms with Crippen molar-refractivity contribution >= 4 is 17.6 Å². The monoisotopic (exact) mass is 207 g/mol. The lowest BCUT2D eigenvalue weighted by Gasteiger charge is -2.10. The maximum atomic E-state index is 10.9. The number of rotatable bonds is 2. The number of carboxylic acid groups (broad SMARTS) is 1. The maximum absolute atomic E-state index is 10.9. The van der Waals surface area contributed by atoms with Crippen LogP contribution in [0.4, 0.5) is 5.69 Å².